The lowest BCUT2D eigenvalue weighted by molar-refractivity contribution is -0.120. The van der Waals surface area contributed by atoms with Crippen molar-refractivity contribution in [2.45, 2.75) is 24.3 Å². The second-order valence-corrected chi connectivity index (χ2v) is 7.02. The Morgan fingerprint density at radius 2 is 1.91 bits per heavy atom. The van der Waals surface area contributed by atoms with E-state index in [1.165, 1.54) is 0 Å². The summed E-state index contributed by atoms with van der Waals surface area (Å²) in [6.07, 6.45) is 0. The van der Waals surface area contributed by atoms with Crippen LogP contribution in [0.5, 0.6) is 0 Å². The van der Waals surface area contributed by atoms with Gasteiger partial charge in [0.1, 0.15) is 0 Å². The van der Waals surface area contributed by atoms with Crippen LogP contribution in [0, 0.1) is 5.92 Å². The zero-order valence-corrected chi connectivity index (χ0v) is 14.8. The van der Waals surface area contributed by atoms with Crippen molar-refractivity contribution < 1.29 is 14.0 Å². The molecule has 0 unspecified atom stereocenters. The summed E-state index contributed by atoms with van der Waals surface area (Å²) >= 11 is 4.45. The predicted molar refractivity (Wildman–Crippen MR) is 89.6 cm³/mol. The first-order chi connectivity index (χ1) is 10.9. The number of halogens is 1. The van der Waals surface area contributed by atoms with Crippen molar-refractivity contribution in [3.63, 3.8) is 0 Å². The maximum atomic E-state index is 12.0. The summed E-state index contributed by atoms with van der Waals surface area (Å²) in [7, 11) is 0. The lowest BCUT2D eigenvalue weighted by Crippen LogP contribution is -2.42. The van der Waals surface area contributed by atoms with E-state index in [1.807, 2.05) is 38.1 Å². The topological polar surface area (TPSA) is 111 Å². The number of nitrogens with zero attached hydrogens (tertiary/aromatic N) is 2. The van der Waals surface area contributed by atoms with Gasteiger partial charge in [-0.3, -0.25) is 10.1 Å². The van der Waals surface area contributed by atoms with Gasteiger partial charge in [0.25, 0.3) is 5.22 Å². The highest BCUT2D eigenvalue weighted by molar-refractivity contribution is 9.10. The number of hydrogen-bond acceptors (Lipinski definition) is 6. The number of carbonyl (C=O) groups is 2. The Balaban J connectivity index is 2.14. The fraction of sp³-hybridized carbons (Fsp3) is 0.286. The minimum Gasteiger partial charge on any atom is -0.411 e. The first-order valence-corrected chi connectivity index (χ1v) is 8.40. The van der Waals surface area contributed by atoms with E-state index in [4.69, 9.17) is 10.2 Å². The lowest BCUT2D eigenvalue weighted by atomic mass is 10.1. The summed E-state index contributed by atoms with van der Waals surface area (Å²) in [5.74, 6) is -0.180. The predicted octanol–water partition coefficient (Wildman–Crippen LogP) is 2.81. The Morgan fingerprint density at radius 1 is 1.26 bits per heavy atom. The number of nitrogens with two attached hydrogens (primary N) is 1. The number of aromatic nitrogens is 2. The summed E-state index contributed by atoms with van der Waals surface area (Å²) in [4.78, 5) is 22.8. The van der Waals surface area contributed by atoms with Crippen LogP contribution >= 0.6 is 27.7 Å². The van der Waals surface area contributed by atoms with Gasteiger partial charge in [-0.25, -0.2) is 4.79 Å². The van der Waals surface area contributed by atoms with Gasteiger partial charge in [0.15, 0.2) is 0 Å². The molecule has 0 radical (unpaired) electrons. The molecule has 1 atom stereocenters. The maximum absolute atomic E-state index is 12.0. The lowest BCUT2D eigenvalue weighted by Gasteiger charge is -2.16. The smallest absolute Gasteiger partial charge is 0.318 e. The van der Waals surface area contributed by atoms with Gasteiger partial charge in [0.05, 0.1) is 5.25 Å². The van der Waals surface area contributed by atoms with Crippen LogP contribution in [0.1, 0.15) is 13.8 Å². The molecule has 0 spiro atoms. The number of nitrogens with one attached hydrogen (secondary N) is 1. The van der Waals surface area contributed by atoms with Crippen molar-refractivity contribution in [3.05, 3.63) is 28.7 Å². The van der Waals surface area contributed by atoms with E-state index in [2.05, 4.69) is 31.4 Å². The summed E-state index contributed by atoms with van der Waals surface area (Å²) in [6.45, 7) is 3.70. The number of urea groups is 1. The number of thioether (sulfide) groups is 1. The standard InChI is InChI=1S/C14H15BrN4O3S/c1-7(2)10(11(20)17-13(16)21)23-14-19-18-12(22-14)8-3-5-9(15)6-4-8/h3-7,10H,1-2H3,(H3,16,17,20,21)/t10-/m1/s1. The van der Waals surface area contributed by atoms with E-state index >= 15 is 0 Å². The van der Waals surface area contributed by atoms with E-state index in [-0.39, 0.29) is 11.1 Å². The zero-order chi connectivity index (χ0) is 17.0. The molecule has 0 saturated carbocycles. The first kappa shape index (κ1) is 17.5. The van der Waals surface area contributed by atoms with Gasteiger partial charge in [0, 0.05) is 10.0 Å². The number of hydrogen-bond donors (Lipinski definition) is 2. The van der Waals surface area contributed by atoms with Crippen molar-refractivity contribution in [2.24, 2.45) is 11.7 Å². The molecule has 0 saturated heterocycles. The number of primary amides is 1. The van der Waals surface area contributed by atoms with Gasteiger partial charge >= 0.3 is 6.03 Å². The molecule has 0 fully saturated rings. The molecular formula is C14H15BrN4O3S. The largest absolute Gasteiger partial charge is 0.411 e. The molecule has 0 aliphatic heterocycles. The highest BCUT2D eigenvalue weighted by Gasteiger charge is 2.27. The van der Waals surface area contributed by atoms with E-state index in [0.717, 1.165) is 21.8 Å². The van der Waals surface area contributed by atoms with Gasteiger partial charge < -0.3 is 10.2 Å². The van der Waals surface area contributed by atoms with Crippen LogP contribution in [0.4, 0.5) is 4.79 Å². The first-order valence-electron chi connectivity index (χ1n) is 6.73. The van der Waals surface area contributed by atoms with Crippen LogP contribution < -0.4 is 11.1 Å². The van der Waals surface area contributed by atoms with Crippen LogP contribution in [0.2, 0.25) is 0 Å². The molecule has 0 aliphatic carbocycles. The number of benzene rings is 1. The fourth-order valence-electron chi connectivity index (χ4n) is 1.76. The molecule has 1 heterocycles. The van der Waals surface area contributed by atoms with Crippen LogP contribution in [-0.4, -0.2) is 27.4 Å². The van der Waals surface area contributed by atoms with Gasteiger partial charge in [-0.15, -0.1) is 10.2 Å². The summed E-state index contributed by atoms with van der Waals surface area (Å²) in [6, 6.07) is 6.52. The minimum absolute atomic E-state index is 0.0534. The van der Waals surface area contributed by atoms with Crippen molar-refractivity contribution in [1.29, 1.82) is 0 Å². The second-order valence-electron chi connectivity index (χ2n) is 5.02. The van der Waals surface area contributed by atoms with Crippen LogP contribution in [0.25, 0.3) is 11.5 Å². The summed E-state index contributed by atoms with van der Waals surface area (Å²) in [5, 5.41) is 9.67. The molecule has 2 rings (SSSR count). The van der Waals surface area contributed by atoms with Gasteiger partial charge in [0.2, 0.25) is 11.8 Å². The molecule has 23 heavy (non-hydrogen) atoms. The number of rotatable bonds is 5. The van der Waals surface area contributed by atoms with Crippen molar-refractivity contribution in [2.75, 3.05) is 0 Å². The Bertz CT molecular complexity index is 702. The number of imide groups is 1. The monoisotopic (exact) mass is 398 g/mol. The SMILES string of the molecule is CC(C)[C@@H](Sc1nnc(-c2ccc(Br)cc2)o1)C(=O)NC(N)=O. The molecular weight excluding hydrogens is 384 g/mol. The fourth-order valence-corrected chi connectivity index (χ4v) is 2.89. The second kappa shape index (κ2) is 7.60. The van der Waals surface area contributed by atoms with E-state index in [9.17, 15) is 9.59 Å². The molecule has 9 heteroatoms. The van der Waals surface area contributed by atoms with Gasteiger partial charge in [-0.05, 0) is 30.2 Å². The van der Waals surface area contributed by atoms with Crippen molar-refractivity contribution in [3.8, 4) is 11.5 Å². The van der Waals surface area contributed by atoms with Gasteiger partial charge in [-0.1, -0.05) is 41.5 Å². The van der Waals surface area contributed by atoms with Crippen molar-refractivity contribution in [1.82, 2.24) is 15.5 Å². The average Bonchev–Trinajstić information content (AvgIpc) is 2.93. The number of amides is 3. The molecule has 7 nitrogen and oxygen atoms in total. The Kier molecular flexibility index (Phi) is 5.78. The van der Waals surface area contributed by atoms with Gasteiger partial charge in [-0.2, -0.15) is 0 Å². The molecule has 122 valence electrons. The summed E-state index contributed by atoms with van der Waals surface area (Å²) < 4.78 is 6.52. The normalized spacial score (nSPS) is 12.2. The molecule has 1 aromatic carbocycles. The Hall–Kier alpha value is -1.87. The third-order valence-electron chi connectivity index (χ3n) is 2.84. The average molecular weight is 399 g/mol. The van der Waals surface area contributed by atoms with E-state index in [0.29, 0.717) is 5.89 Å². The van der Waals surface area contributed by atoms with Crippen LogP contribution in [0.15, 0.2) is 38.4 Å². The quantitative estimate of drug-likeness (QED) is 0.748. The highest BCUT2D eigenvalue weighted by atomic mass is 79.9. The maximum Gasteiger partial charge on any atom is 0.318 e. The third-order valence-corrected chi connectivity index (χ3v) is 4.74. The van der Waals surface area contributed by atoms with Crippen LogP contribution in [0.3, 0.4) is 0 Å². The van der Waals surface area contributed by atoms with Crippen molar-refractivity contribution >= 4 is 39.6 Å². The molecule has 0 bridgehead atoms. The molecule has 0 aliphatic rings. The molecule has 2 aromatic rings. The third kappa shape index (κ3) is 4.80. The minimum atomic E-state index is -0.887. The van der Waals surface area contributed by atoms with E-state index in [1.54, 1.807) is 0 Å². The summed E-state index contributed by atoms with van der Waals surface area (Å²) in [5.41, 5.74) is 5.75. The highest BCUT2D eigenvalue weighted by Crippen LogP contribution is 2.30. The molecule has 1 aromatic heterocycles. The molecule has 3 amide bonds. The van der Waals surface area contributed by atoms with E-state index < -0.39 is 17.2 Å². The Labute approximate surface area is 145 Å². The number of carbonyl (C=O) groups excluding carboxylic acids is 2. The zero-order valence-electron chi connectivity index (χ0n) is 12.4. The Morgan fingerprint density at radius 3 is 2.48 bits per heavy atom. The van der Waals surface area contributed by atoms with Crippen LogP contribution in [-0.2, 0) is 4.79 Å². The molecule has 3 N–H and O–H groups in total.